The van der Waals surface area contributed by atoms with E-state index in [0.717, 1.165) is 11.3 Å². The minimum absolute atomic E-state index is 0.253. The maximum absolute atomic E-state index is 12.0. The molecule has 0 unspecified atom stereocenters. The van der Waals surface area contributed by atoms with Crippen molar-refractivity contribution in [1.29, 1.82) is 0 Å². The van der Waals surface area contributed by atoms with Crippen LogP contribution in [0.3, 0.4) is 0 Å². The maximum atomic E-state index is 12.0. The molecule has 0 saturated carbocycles. The Kier molecular flexibility index (Phi) is 3.63. The fourth-order valence-electron chi connectivity index (χ4n) is 1.56. The van der Waals surface area contributed by atoms with E-state index in [1.54, 1.807) is 12.3 Å². The number of carbonyl (C=O) groups is 1. The van der Waals surface area contributed by atoms with E-state index >= 15 is 0 Å². The summed E-state index contributed by atoms with van der Waals surface area (Å²) in [5, 5.41) is 3.20. The summed E-state index contributed by atoms with van der Waals surface area (Å²) >= 11 is 5.94. The third-order valence-corrected chi connectivity index (χ3v) is 3.11. The lowest BCUT2D eigenvalue weighted by Crippen LogP contribution is -2.12. The Morgan fingerprint density at radius 2 is 2.00 bits per heavy atom. The third-order valence-electron chi connectivity index (χ3n) is 2.78. The number of pyridine rings is 1. The number of nitrogens with zero attached hydrogens (tertiary/aromatic N) is 1. The second kappa shape index (κ2) is 5.19. The molecular weight excluding hydrogens is 248 g/mol. The standard InChI is InChI=1S/C14H13ClN2O/c1-9-3-4-11(7-10(9)2)17-14(18)12-8-16-6-5-13(12)15/h3-8H,1-2H3,(H,17,18). The number of benzene rings is 1. The molecule has 2 rings (SSSR count). The molecule has 0 atom stereocenters. The number of halogens is 1. The Morgan fingerprint density at radius 3 is 2.67 bits per heavy atom. The molecule has 0 aliphatic rings. The topological polar surface area (TPSA) is 42.0 Å². The first-order valence-electron chi connectivity index (χ1n) is 5.56. The van der Waals surface area contributed by atoms with E-state index in [1.165, 1.54) is 11.8 Å². The minimum Gasteiger partial charge on any atom is -0.322 e. The van der Waals surface area contributed by atoms with Crippen LogP contribution in [0.4, 0.5) is 5.69 Å². The molecule has 1 amide bonds. The van der Waals surface area contributed by atoms with Gasteiger partial charge in [0.25, 0.3) is 5.91 Å². The molecular formula is C14H13ClN2O. The number of anilines is 1. The number of nitrogens with one attached hydrogen (secondary N) is 1. The monoisotopic (exact) mass is 260 g/mol. The zero-order valence-electron chi connectivity index (χ0n) is 10.2. The van der Waals surface area contributed by atoms with Crippen LogP contribution in [0.15, 0.2) is 36.7 Å². The van der Waals surface area contributed by atoms with Gasteiger partial charge in [0.1, 0.15) is 0 Å². The summed E-state index contributed by atoms with van der Waals surface area (Å²) in [5.74, 6) is -0.253. The van der Waals surface area contributed by atoms with Crippen LogP contribution in [0.5, 0.6) is 0 Å². The molecule has 0 aliphatic heterocycles. The molecule has 4 heteroatoms. The van der Waals surface area contributed by atoms with Crippen LogP contribution < -0.4 is 5.32 Å². The lowest BCUT2D eigenvalue weighted by molar-refractivity contribution is 0.102. The Balaban J connectivity index is 2.22. The summed E-state index contributed by atoms with van der Waals surface area (Å²) in [6, 6.07) is 7.36. The van der Waals surface area contributed by atoms with E-state index in [9.17, 15) is 4.79 Å². The molecule has 0 radical (unpaired) electrons. The Labute approximate surface area is 111 Å². The van der Waals surface area contributed by atoms with E-state index < -0.39 is 0 Å². The summed E-state index contributed by atoms with van der Waals surface area (Å²) in [4.78, 5) is 15.9. The fraction of sp³-hybridized carbons (Fsp3) is 0.143. The fourth-order valence-corrected chi connectivity index (χ4v) is 1.75. The molecule has 0 aliphatic carbocycles. The molecule has 3 nitrogen and oxygen atoms in total. The van der Waals surface area contributed by atoms with E-state index in [2.05, 4.69) is 10.3 Å². The summed E-state index contributed by atoms with van der Waals surface area (Å²) in [6.45, 7) is 4.03. The molecule has 0 bridgehead atoms. The van der Waals surface area contributed by atoms with Gasteiger partial charge in [-0.3, -0.25) is 9.78 Å². The average Bonchev–Trinajstić information content (AvgIpc) is 2.34. The van der Waals surface area contributed by atoms with Crippen LogP contribution in [-0.4, -0.2) is 10.9 Å². The van der Waals surface area contributed by atoms with Crippen molar-refractivity contribution in [3.8, 4) is 0 Å². The van der Waals surface area contributed by atoms with Gasteiger partial charge in [-0.1, -0.05) is 17.7 Å². The highest BCUT2D eigenvalue weighted by Crippen LogP contribution is 2.18. The molecule has 92 valence electrons. The van der Waals surface area contributed by atoms with Crippen molar-refractivity contribution >= 4 is 23.2 Å². The van der Waals surface area contributed by atoms with Crippen LogP contribution >= 0.6 is 11.6 Å². The summed E-state index contributed by atoms with van der Waals surface area (Å²) < 4.78 is 0. The Morgan fingerprint density at radius 1 is 1.22 bits per heavy atom. The van der Waals surface area contributed by atoms with Gasteiger partial charge in [0.05, 0.1) is 10.6 Å². The van der Waals surface area contributed by atoms with E-state index in [-0.39, 0.29) is 5.91 Å². The molecule has 1 aromatic heterocycles. The van der Waals surface area contributed by atoms with Crippen molar-refractivity contribution in [2.75, 3.05) is 5.32 Å². The highest BCUT2D eigenvalue weighted by Gasteiger charge is 2.10. The van der Waals surface area contributed by atoms with E-state index in [1.807, 2.05) is 32.0 Å². The molecule has 1 N–H and O–H groups in total. The Hall–Kier alpha value is -1.87. The summed E-state index contributed by atoms with van der Waals surface area (Å²) in [6.07, 6.45) is 3.01. The lowest BCUT2D eigenvalue weighted by atomic mass is 10.1. The number of hydrogen-bond acceptors (Lipinski definition) is 2. The molecule has 0 fully saturated rings. The highest BCUT2D eigenvalue weighted by molar-refractivity contribution is 6.34. The minimum atomic E-state index is -0.253. The second-order valence-electron chi connectivity index (χ2n) is 4.11. The van der Waals surface area contributed by atoms with Crippen molar-refractivity contribution in [2.24, 2.45) is 0 Å². The van der Waals surface area contributed by atoms with Gasteiger partial charge >= 0.3 is 0 Å². The predicted molar refractivity (Wildman–Crippen MR) is 73.1 cm³/mol. The van der Waals surface area contributed by atoms with Crippen LogP contribution in [0.1, 0.15) is 21.5 Å². The van der Waals surface area contributed by atoms with Crippen molar-refractivity contribution in [3.05, 3.63) is 58.4 Å². The molecule has 0 saturated heterocycles. The van der Waals surface area contributed by atoms with Gasteiger partial charge in [-0.2, -0.15) is 0 Å². The van der Waals surface area contributed by atoms with Gasteiger partial charge in [-0.05, 0) is 43.2 Å². The largest absolute Gasteiger partial charge is 0.322 e. The molecule has 1 aromatic carbocycles. The highest BCUT2D eigenvalue weighted by atomic mass is 35.5. The van der Waals surface area contributed by atoms with Crippen LogP contribution in [-0.2, 0) is 0 Å². The number of rotatable bonds is 2. The molecule has 1 heterocycles. The van der Waals surface area contributed by atoms with Gasteiger partial charge in [0, 0.05) is 18.1 Å². The number of hydrogen-bond donors (Lipinski definition) is 1. The van der Waals surface area contributed by atoms with Crippen molar-refractivity contribution in [1.82, 2.24) is 4.98 Å². The van der Waals surface area contributed by atoms with Crippen LogP contribution in [0.25, 0.3) is 0 Å². The molecule has 0 spiro atoms. The smallest absolute Gasteiger partial charge is 0.258 e. The maximum Gasteiger partial charge on any atom is 0.258 e. The number of aromatic nitrogens is 1. The van der Waals surface area contributed by atoms with Gasteiger partial charge in [0.2, 0.25) is 0 Å². The summed E-state index contributed by atoms with van der Waals surface area (Å²) in [5.41, 5.74) is 3.44. The Bertz CT molecular complexity index is 596. The normalized spacial score (nSPS) is 10.2. The predicted octanol–water partition coefficient (Wildman–Crippen LogP) is 3.60. The number of carbonyl (C=O) groups excluding carboxylic acids is 1. The summed E-state index contributed by atoms with van der Waals surface area (Å²) in [7, 11) is 0. The molecule has 2 aromatic rings. The van der Waals surface area contributed by atoms with Crippen molar-refractivity contribution in [3.63, 3.8) is 0 Å². The zero-order valence-corrected chi connectivity index (χ0v) is 11.0. The van der Waals surface area contributed by atoms with E-state index in [4.69, 9.17) is 11.6 Å². The second-order valence-corrected chi connectivity index (χ2v) is 4.52. The zero-order chi connectivity index (χ0) is 13.1. The quantitative estimate of drug-likeness (QED) is 0.896. The van der Waals surface area contributed by atoms with Gasteiger partial charge in [-0.25, -0.2) is 0 Å². The van der Waals surface area contributed by atoms with Gasteiger partial charge in [0.15, 0.2) is 0 Å². The van der Waals surface area contributed by atoms with Gasteiger partial charge < -0.3 is 5.32 Å². The van der Waals surface area contributed by atoms with Crippen molar-refractivity contribution < 1.29 is 4.79 Å². The lowest BCUT2D eigenvalue weighted by Gasteiger charge is -2.08. The van der Waals surface area contributed by atoms with E-state index in [0.29, 0.717) is 10.6 Å². The van der Waals surface area contributed by atoms with Crippen LogP contribution in [0, 0.1) is 13.8 Å². The van der Waals surface area contributed by atoms with Crippen LogP contribution in [0.2, 0.25) is 5.02 Å². The van der Waals surface area contributed by atoms with Gasteiger partial charge in [-0.15, -0.1) is 0 Å². The van der Waals surface area contributed by atoms with Crippen molar-refractivity contribution in [2.45, 2.75) is 13.8 Å². The SMILES string of the molecule is Cc1ccc(NC(=O)c2cnccc2Cl)cc1C. The third kappa shape index (κ3) is 2.68. The number of amides is 1. The first-order chi connectivity index (χ1) is 8.58. The first-order valence-corrected chi connectivity index (χ1v) is 5.94. The molecule has 18 heavy (non-hydrogen) atoms. The number of aryl methyl sites for hydroxylation is 2. The first kappa shape index (κ1) is 12.6. The average molecular weight is 261 g/mol.